The minimum Gasteiger partial charge on any atom is -0.376 e. The number of amides is 1. The van der Waals surface area contributed by atoms with Crippen molar-refractivity contribution in [2.24, 2.45) is 5.92 Å². The summed E-state index contributed by atoms with van der Waals surface area (Å²) in [7, 11) is 0. The number of nitrogens with zero attached hydrogens (tertiary/aromatic N) is 1. The quantitative estimate of drug-likeness (QED) is 0.903. The van der Waals surface area contributed by atoms with Crippen molar-refractivity contribution in [2.75, 3.05) is 26.2 Å². The molecular formula is C18H24N2O2. The zero-order chi connectivity index (χ0) is 15.0. The minimum atomic E-state index is 0.118. The molecule has 1 amide bonds. The van der Waals surface area contributed by atoms with Gasteiger partial charge in [0.15, 0.2) is 0 Å². The maximum Gasteiger partial charge on any atom is 0.234 e. The predicted molar refractivity (Wildman–Crippen MR) is 84.4 cm³/mol. The van der Waals surface area contributed by atoms with E-state index in [1.54, 1.807) is 0 Å². The van der Waals surface area contributed by atoms with Gasteiger partial charge in [-0.1, -0.05) is 30.3 Å². The Morgan fingerprint density at radius 1 is 1.32 bits per heavy atom. The van der Waals surface area contributed by atoms with E-state index in [4.69, 9.17) is 4.74 Å². The van der Waals surface area contributed by atoms with Crippen molar-refractivity contribution in [1.29, 1.82) is 0 Å². The van der Waals surface area contributed by atoms with Crippen molar-refractivity contribution in [3.05, 3.63) is 35.9 Å². The van der Waals surface area contributed by atoms with Crippen LogP contribution >= 0.6 is 0 Å². The second-order valence-corrected chi connectivity index (χ2v) is 6.99. The number of benzene rings is 1. The molecule has 22 heavy (non-hydrogen) atoms. The summed E-state index contributed by atoms with van der Waals surface area (Å²) in [5.74, 6) is 0.907. The molecular weight excluding hydrogens is 276 g/mol. The predicted octanol–water partition coefficient (Wildman–Crippen LogP) is 1.90. The van der Waals surface area contributed by atoms with Crippen molar-refractivity contribution in [3.63, 3.8) is 0 Å². The van der Waals surface area contributed by atoms with Crippen LogP contribution in [0.25, 0.3) is 0 Å². The van der Waals surface area contributed by atoms with Crippen LogP contribution in [-0.4, -0.2) is 43.2 Å². The van der Waals surface area contributed by atoms with E-state index in [0.29, 0.717) is 13.1 Å². The van der Waals surface area contributed by atoms with Crippen LogP contribution in [-0.2, 0) is 15.1 Å². The van der Waals surface area contributed by atoms with E-state index in [2.05, 4.69) is 40.5 Å². The molecule has 0 aromatic heterocycles. The average Bonchev–Trinajstić information content (AvgIpc) is 3.20. The summed E-state index contributed by atoms with van der Waals surface area (Å²) in [4.78, 5) is 14.7. The Labute approximate surface area is 131 Å². The molecule has 1 saturated carbocycles. The SMILES string of the molecule is O=C(CN1CC2CC1(c1ccccc1)C2)NCC1CCCO1. The standard InChI is InChI=1S/C18H24N2O2/c21-17(19-11-16-7-4-8-22-16)13-20-12-14-9-18(20,10-14)15-5-2-1-3-6-15/h1-3,5-6,14,16H,4,7-13H2,(H,19,21). The Kier molecular flexibility index (Phi) is 3.66. The van der Waals surface area contributed by atoms with E-state index >= 15 is 0 Å². The molecule has 5 rings (SSSR count). The normalized spacial score (nSPS) is 33.6. The zero-order valence-corrected chi connectivity index (χ0v) is 13.0. The Morgan fingerprint density at radius 3 is 2.86 bits per heavy atom. The molecule has 4 aliphatic rings. The van der Waals surface area contributed by atoms with Gasteiger partial charge in [0.2, 0.25) is 5.91 Å². The molecule has 3 saturated heterocycles. The molecule has 2 bridgehead atoms. The lowest BCUT2D eigenvalue weighted by molar-refractivity contribution is -0.123. The fourth-order valence-corrected chi connectivity index (χ4v) is 4.41. The summed E-state index contributed by atoms with van der Waals surface area (Å²) in [6.45, 7) is 3.07. The van der Waals surface area contributed by atoms with Gasteiger partial charge in [-0.15, -0.1) is 0 Å². The number of nitrogens with one attached hydrogen (secondary N) is 1. The first-order valence-electron chi connectivity index (χ1n) is 8.45. The van der Waals surface area contributed by atoms with Gasteiger partial charge < -0.3 is 10.1 Å². The molecule has 1 N–H and O–H groups in total. The maximum absolute atomic E-state index is 12.3. The molecule has 1 aromatic carbocycles. The van der Waals surface area contributed by atoms with Crippen LogP contribution in [0.5, 0.6) is 0 Å². The van der Waals surface area contributed by atoms with E-state index in [1.165, 1.54) is 18.4 Å². The Morgan fingerprint density at radius 2 is 2.14 bits per heavy atom. The van der Waals surface area contributed by atoms with Crippen LogP contribution in [0.1, 0.15) is 31.2 Å². The fourth-order valence-electron chi connectivity index (χ4n) is 4.41. The van der Waals surface area contributed by atoms with Gasteiger partial charge in [-0.25, -0.2) is 0 Å². The van der Waals surface area contributed by atoms with Crippen LogP contribution in [0.3, 0.4) is 0 Å². The second kappa shape index (κ2) is 5.67. The van der Waals surface area contributed by atoms with Crippen molar-refractivity contribution >= 4 is 5.91 Å². The highest BCUT2D eigenvalue weighted by molar-refractivity contribution is 5.78. The Hall–Kier alpha value is -1.39. The fraction of sp³-hybridized carbons (Fsp3) is 0.611. The summed E-state index contributed by atoms with van der Waals surface area (Å²) in [6, 6.07) is 10.7. The van der Waals surface area contributed by atoms with Gasteiger partial charge >= 0.3 is 0 Å². The number of hydrogen-bond acceptors (Lipinski definition) is 3. The Bertz CT molecular complexity index is 533. The average molecular weight is 300 g/mol. The molecule has 1 unspecified atom stereocenters. The highest BCUT2D eigenvalue weighted by atomic mass is 16.5. The van der Waals surface area contributed by atoms with Crippen LogP contribution in [0.15, 0.2) is 30.3 Å². The molecule has 0 spiro atoms. The van der Waals surface area contributed by atoms with Gasteiger partial charge in [0.25, 0.3) is 0 Å². The van der Waals surface area contributed by atoms with E-state index in [1.807, 2.05) is 0 Å². The zero-order valence-electron chi connectivity index (χ0n) is 13.0. The third-order valence-electron chi connectivity index (χ3n) is 5.53. The van der Waals surface area contributed by atoms with Crippen molar-refractivity contribution in [2.45, 2.75) is 37.3 Å². The summed E-state index contributed by atoms with van der Waals surface area (Å²) >= 11 is 0. The molecule has 4 heteroatoms. The second-order valence-electron chi connectivity index (χ2n) is 6.99. The van der Waals surface area contributed by atoms with E-state index in [0.717, 1.165) is 31.9 Å². The van der Waals surface area contributed by atoms with E-state index in [-0.39, 0.29) is 17.6 Å². The largest absolute Gasteiger partial charge is 0.376 e. The molecule has 1 aliphatic carbocycles. The summed E-state index contributed by atoms with van der Waals surface area (Å²) < 4.78 is 5.56. The minimum absolute atomic E-state index is 0.118. The first-order valence-corrected chi connectivity index (χ1v) is 8.45. The highest BCUT2D eigenvalue weighted by Gasteiger charge is 2.56. The topological polar surface area (TPSA) is 41.6 Å². The molecule has 4 fully saturated rings. The number of carbonyl (C=O) groups is 1. The summed E-state index contributed by atoms with van der Waals surface area (Å²) in [5.41, 5.74) is 1.49. The van der Waals surface area contributed by atoms with Gasteiger partial charge in [0, 0.05) is 25.2 Å². The summed E-state index contributed by atoms with van der Waals surface area (Å²) in [5, 5.41) is 3.05. The molecule has 118 valence electrons. The number of ether oxygens (including phenoxy) is 1. The maximum atomic E-state index is 12.3. The van der Waals surface area contributed by atoms with Crippen LogP contribution in [0.2, 0.25) is 0 Å². The summed E-state index contributed by atoms with van der Waals surface area (Å²) in [6.07, 6.45) is 4.82. The van der Waals surface area contributed by atoms with Gasteiger partial charge in [-0.3, -0.25) is 9.69 Å². The van der Waals surface area contributed by atoms with Gasteiger partial charge in [0.1, 0.15) is 0 Å². The van der Waals surface area contributed by atoms with Crippen LogP contribution in [0, 0.1) is 5.92 Å². The molecule has 3 heterocycles. The molecule has 0 radical (unpaired) electrons. The number of hydrogen-bond donors (Lipinski definition) is 1. The lowest BCUT2D eigenvalue weighted by Gasteiger charge is -2.43. The smallest absolute Gasteiger partial charge is 0.234 e. The van der Waals surface area contributed by atoms with Gasteiger partial charge in [0.05, 0.1) is 12.6 Å². The first kappa shape index (κ1) is 14.2. The number of fused-ring (bicyclic) bond motifs is 1. The van der Waals surface area contributed by atoms with Crippen molar-refractivity contribution < 1.29 is 9.53 Å². The Balaban J connectivity index is 1.37. The van der Waals surface area contributed by atoms with Crippen molar-refractivity contribution in [1.82, 2.24) is 10.2 Å². The van der Waals surface area contributed by atoms with E-state index in [9.17, 15) is 4.79 Å². The molecule has 4 nitrogen and oxygen atoms in total. The van der Waals surface area contributed by atoms with E-state index < -0.39 is 0 Å². The lowest BCUT2D eigenvalue weighted by Crippen LogP contribution is -2.47. The highest BCUT2D eigenvalue weighted by Crippen LogP contribution is 2.56. The lowest BCUT2D eigenvalue weighted by atomic mass is 9.69. The number of rotatable bonds is 5. The van der Waals surface area contributed by atoms with Crippen LogP contribution in [0.4, 0.5) is 0 Å². The van der Waals surface area contributed by atoms with Crippen LogP contribution < -0.4 is 5.32 Å². The number of carbonyl (C=O) groups excluding carboxylic acids is 1. The molecule has 3 aliphatic heterocycles. The van der Waals surface area contributed by atoms with Gasteiger partial charge in [-0.05, 0) is 37.2 Å². The molecule has 1 aromatic rings. The van der Waals surface area contributed by atoms with Crippen molar-refractivity contribution in [3.8, 4) is 0 Å². The monoisotopic (exact) mass is 300 g/mol. The molecule has 1 atom stereocenters. The first-order chi connectivity index (χ1) is 10.8. The third kappa shape index (κ3) is 2.44. The third-order valence-corrected chi connectivity index (χ3v) is 5.53. The van der Waals surface area contributed by atoms with Gasteiger partial charge in [-0.2, -0.15) is 0 Å².